The maximum atomic E-state index is 13.2. The highest BCUT2D eigenvalue weighted by Crippen LogP contribution is 2.16. The number of likely N-dealkylation sites (tertiary alicyclic amines) is 1. The van der Waals surface area contributed by atoms with Gasteiger partial charge in [0.25, 0.3) is 5.56 Å². The second kappa shape index (κ2) is 10.2. The van der Waals surface area contributed by atoms with E-state index in [0.29, 0.717) is 34.6 Å². The third-order valence-electron chi connectivity index (χ3n) is 5.97. The smallest absolute Gasteiger partial charge is 0.332 e. The van der Waals surface area contributed by atoms with Crippen molar-refractivity contribution in [2.75, 3.05) is 18.4 Å². The van der Waals surface area contributed by atoms with Crippen LogP contribution < -0.4 is 16.6 Å². The number of aromatic nitrogens is 2. The summed E-state index contributed by atoms with van der Waals surface area (Å²) in [5, 5.41) is 4.41. The van der Waals surface area contributed by atoms with Gasteiger partial charge in [0.2, 0.25) is 11.8 Å². The molecule has 3 aromatic rings. The van der Waals surface area contributed by atoms with Crippen molar-refractivity contribution < 1.29 is 14.4 Å². The van der Waals surface area contributed by atoms with Crippen molar-refractivity contribution in [3.05, 3.63) is 62.1 Å². The van der Waals surface area contributed by atoms with Crippen molar-refractivity contribution in [1.82, 2.24) is 14.0 Å². The normalized spacial score (nSPS) is 13.7. The van der Waals surface area contributed by atoms with Crippen molar-refractivity contribution in [3.8, 4) is 0 Å². The second-order valence-corrected chi connectivity index (χ2v) is 9.25. The van der Waals surface area contributed by atoms with Gasteiger partial charge in [0.05, 0.1) is 5.52 Å². The number of rotatable bonds is 7. The Morgan fingerprint density at radius 1 is 0.971 bits per heavy atom. The Kier molecular flexibility index (Phi) is 7.06. The number of piperidine rings is 1. The van der Waals surface area contributed by atoms with E-state index in [-0.39, 0.29) is 31.2 Å². The van der Waals surface area contributed by atoms with Gasteiger partial charge in [0.15, 0.2) is 5.78 Å². The molecular weight excluding hydrogens is 456 g/mol. The van der Waals surface area contributed by atoms with Crippen LogP contribution in [0.5, 0.6) is 0 Å². The number of thiophene rings is 1. The number of hydrogen-bond donors (Lipinski definition) is 1. The Balaban J connectivity index is 1.55. The summed E-state index contributed by atoms with van der Waals surface area (Å²) >= 11 is 1.20. The summed E-state index contributed by atoms with van der Waals surface area (Å²) in [7, 11) is 0. The van der Waals surface area contributed by atoms with E-state index >= 15 is 0 Å². The summed E-state index contributed by atoms with van der Waals surface area (Å²) in [5.41, 5.74) is 0.341. The molecule has 1 aliphatic heterocycles. The van der Waals surface area contributed by atoms with E-state index < -0.39 is 17.2 Å². The molecule has 10 heteroatoms. The quantitative estimate of drug-likeness (QED) is 0.520. The number of ketones is 1. The SMILES string of the molecule is CC(=O)c1ccc(NC(=O)Cn2c(=O)n(CCC(=O)N3CCCCC3)c(=O)c3sccc32)cc1. The van der Waals surface area contributed by atoms with Gasteiger partial charge in [-0.3, -0.25) is 28.3 Å². The number of Topliss-reactive ketones (excluding diaryl/α,β-unsaturated/α-hetero) is 1. The van der Waals surface area contributed by atoms with Gasteiger partial charge in [0.1, 0.15) is 11.2 Å². The summed E-state index contributed by atoms with van der Waals surface area (Å²) in [6.07, 6.45) is 3.09. The van der Waals surface area contributed by atoms with Crippen molar-refractivity contribution >= 4 is 44.8 Å². The standard InChI is InChI=1S/C24H26N4O5S/c1-16(29)17-5-7-18(8-6-17)25-20(30)15-28-19-10-14-34-22(19)23(32)27(24(28)33)13-9-21(31)26-11-3-2-4-12-26/h5-8,10,14H,2-4,9,11-13,15H2,1H3,(H,25,30). The first-order valence-electron chi connectivity index (χ1n) is 11.2. The van der Waals surface area contributed by atoms with Crippen molar-refractivity contribution in [1.29, 1.82) is 0 Å². The first kappa shape index (κ1) is 23.6. The largest absolute Gasteiger partial charge is 0.343 e. The van der Waals surface area contributed by atoms with Crippen LogP contribution in [0.1, 0.15) is 43.0 Å². The number of nitrogens with one attached hydrogen (secondary N) is 1. The Labute approximate surface area is 199 Å². The van der Waals surface area contributed by atoms with Gasteiger partial charge in [-0.25, -0.2) is 4.79 Å². The van der Waals surface area contributed by atoms with E-state index in [0.717, 1.165) is 23.8 Å². The highest BCUT2D eigenvalue weighted by atomic mass is 32.1. The first-order valence-corrected chi connectivity index (χ1v) is 12.1. The monoisotopic (exact) mass is 482 g/mol. The van der Waals surface area contributed by atoms with E-state index in [2.05, 4.69) is 5.32 Å². The summed E-state index contributed by atoms with van der Waals surface area (Å²) in [4.78, 5) is 64.6. The Hall–Kier alpha value is -3.53. The molecule has 2 amide bonds. The minimum absolute atomic E-state index is 0.0328. The van der Waals surface area contributed by atoms with Crippen molar-refractivity contribution in [3.63, 3.8) is 0 Å². The summed E-state index contributed by atoms with van der Waals surface area (Å²) < 4.78 is 2.68. The molecule has 178 valence electrons. The van der Waals surface area contributed by atoms with Crippen molar-refractivity contribution in [2.24, 2.45) is 0 Å². The lowest BCUT2D eigenvalue weighted by molar-refractivity contribution is -0.132. The number of hydrogen-bond acceptors (Lipinski definition) is 6. The van der Waals surface area contributed by atoms with E-state index in [1.165, 1.54) is 22.8 Å². The number of benzene rings is 1. The summed E-state index contributed by atoms with van der Waals surface area (Å²) in [5.74, 6) is -0.597. The molecule has 0 radical (unpaired) electrons. The van der Waals surface area contributed by atoms with E-state index in [9.17, 15) is 24.0 Å². The number of amides is 2. The van der Waals surface area contributed by atoms with E-state index in [4.69, 9.17) is 0 Å². The zero-order valence-corrected chi connectivity index (χ0v) is 19.7. The summed E-state index contributed by atoms with van der Waals surface area (Å²) in [6.45, 7) is 2.54. The first-order chi connectivity index (χ1) is 16.3. The molecule has 9 nitrogen and oxygen atoms in total. The van der Waals surface area contributed by atoms with Crippen LogP contribution in [0.25, 0.3) is 10.2 Å². The minimum atomic E-state index is -0.621. The number of carbonyl (C=O) groups is 3. The molecule has 0 spiro atoms. The third kappa shape index (κ3) is 5.01. The fraction of sp³-hybridized carbons (Fsp3) is 0.375. The van der Waals surface area contributed by atoms with Crippen LogP contribution in [0, 0.1) is 0 Å². The van der Waals surface area contributed by atoms with Gasteiger partial charge in [-0.1, -0.05) is 0 Å². The molecule has 0 atom stereocenters. The van der Waals surface area contributed by atoms with E-state index in [1.807, 2.05) is 0 Å². The van der Waals surface area contributed by atoms with Crippen LogP contribution in [0.2, 0.25) is 0 Å². The Bertz CT molecular complexity index is 1350. The molecule has 1 saturated heterocycles. The van der Waals surface area contributed by atoms with Gasteiger partial charge in [0, 0.05) is 37.3 Å². The predicted octanol–water partition coefficient (Wildman–Crippen LogP) is 2.47. The average molecular weight is 483 g/mol. The second-order valence-electron chi connectivity index (χ2n) is 8.33. The molecule has 3 heterocycles. The molecule has 0 aliphatic carbocycles. The highest BCUT2D eigenvalue weighted by molar-refractivity contribution is 7.17. The molecule has 0 saturated carbocycles. The molecule has 0 unspecified atom stereocenters. The maximum Gasteiger partial charge on any atom is 0.332 e. The fourth-order valence-corrected chi connectivity index (χ4v) is 4.97. The molecule has 2 aromatic heterocycles. The number of nitrogens with zero attached hydrogens (tertiary/aromatic N) is 3. The van der Waals surface area contributed by atoms with Crippen LogP contribution in [-0.2, 0) is 22.7 Å². The van der Waals surface area contributed by atoms with Gasteiger partial charge in [-0.05, 0) is 61.9 Å². The van der Waals surface area contributed by atoms with Crippen LogP contribution in [0.15, 0.2) is 45.3 Å². The molecule has 4 rings (SSSR count). The van der Waals surface area contributed by atoms with Gasteiger partial charge >= 0.3 is 5.69 Å². The molecule has 1 aliphatic rings. The molecular formula is C24H26N4O5S. The lowest BCUT2D eigenvalue weighted by Crippen LogP contribution is -2.43. The molecule has 1 aromatic carbocycles. The van der Waals surface area contributed by atoms with Gasteiger partial charge in [-0.2, -0.15) is 0 Å². The average Bonchev–Trinajstić information content (AvgIpc) is 3.32. The Morgan fingerprint density at radius 3 is 2.35 bits per heavy atom. The molecule has 34 heavy (non-hydrogen) atoms. The predicted molar refractivity (Wildman–Crippen MR) is 130 cm³/mol. The zero-order chi connectivity index (χ0) is 24.2. The molecule has 1 fully saturated rings. The zero-order valence-electron chi connectivity index (χ0n) is 18.9. The van der Waals surface area contributed by atoms with Crippen molar-refractivity contribution in [2.45, 2.75) is 45.7 Å². The van der Waals surface area contributed by atoms with Gasteiger partial charge in [-0.15, -0.1) is 11.3 Å². The van der Waals surface area contributed by atoms with Crippen LogP contribution in [0.3, 0.4) is 0 Å². The molecule has 1 N–H and O–H groups in total. The Morgan fingerprint density at radius 2 is 1.68 bits per heavy atom. The maximum absolute atomic E-state index is 13.2. The third-order valence-corrected chi connectivity index (χ3v) is 6.86. The number of fused-ring (bicyclic) bond motifs is 1. The fourth-order valence-electron chi connectivity index (χ4n) is 4.12. The number of anilines is 1. The lowest BCUT2D eigenvalue weighted by Gasteiger charge is -2.26. The molecule has 0 bridgehead atoms. The topological polar surface area (TPSA) is 110 Å². The highest BCUT2D eigenvalue weighted by Gasteiger charge is 2.20. The summed E-state index contributed by atoms with van der Waals surface area (Å²) in [6, 6.07) is 8.10. The lowest BCUT2D eigenvalue weighted by atomic mass is 10.1. The van der Waals surface area contributed by atoms with Crippen LogP contribution in [0.4, 0.5) is 5.69 Å². The van der Waals surface area contributed by atoms with Crippen LogP contribution >= 0.6 is 11.3 Å². The minimum Gasteiger partial charge on any atom is -0.343 e. The van der Waals surface area contributed by atoms with Gasteiger partial charge < -0.3 is 10.2 Å². The number of carbonyl (C=O) groups excluding carboxylic acids is 3. The van der Waals surface area contributed by atoms with E-state index in [1.54, 1.807) is 40.6 Å². The van der Waals surface area contributed by atoms with Crippen LogP contribution in [-0.4, -0.2) is 44.7 Å².